The Hall–Kier alpha value is -2.50. The van der Waals surface area contributed by atoms with Crippen molar-refractivity contribution in [3.63, 3.8) is 0 Å². The number of cyclic esters (lactones) is 1. The van der Waals surface area contributed by atoms with Crippen molar-refractivity contribution in [3.8, 4) is 11.1 Å². The number of fused-ring (bicyclic) bond motifs is 2. The molecule has 7 heteroatoms. The fraction of sp³-hybridized carbons (Fsp3) is 0.238. The van der Waals surface area contributed by atoms with Crippen molar-refractivity contribution >= 4 is 46.8 Å². The molecule has 2 fully saturated rings. The summed E-state index contributed by atoms with van der Waals surface area (Å²) < 4.78 is 5.11. The highest BCUT2D eigenvalue weighted by molar-refractivity contribution is 6.31. The van der Waals surface area contributed by atoms with Gasteiger partial charge in [-0.2, -0.15) is 0 Å². The smallest absolute Gasteiger partial charge is 0.311 e. The van der Waals surface area contributed by atoms with Gasteiger partial charge in [0.15, 0.2) is 0 Å². The highest BCUT2D eigenvalue weighted by Crippen LogP contribution is 2.37. The van der Waals surface area contributed by atoms with Gasteiger partial charge in [-0.05, 0) is 23.8 Å². The molecule has 0 spiro atoms. The lowest BCUT2D eigenvalue weighted by Crippen LogP contribution is -2.31. The normalized spacial score (nSPS) is 20.8. The predicted octanol–water partition coefficient (Wildman–Crippen LogP) is 4.16. The number of hydrogen-bond donors (Lipinski definition) is 1. The second-order valence-corrected chi connectivity index (χ2v) is 7.57. The van der Waals surface area contributed by atoms with Crippen molar-refractivity contribution in [1.82, 2.24) is 9.88 Å². The summed E-state index contributed by atoms with van der Waals surface area (Å²) in [6, 6.07) is 15.4. The molecule has 0 saturated carbocycles. The Morgan fingerprint density at radius 2 is 1.93 bits per heavy atom. The lowest BCUT2D eigenvalue weighted by molar-refractivity contribution is -0.141. The van der Waals surface area contributed by atoms with Gasteiger partial charge in [0.25, 0.3) is 5.91 Å². The monoisotopic (exact) mass is 416 g/mol. The van der Waals surface area contributed by atoms with Crippen molar-refractivity contribution in [2.24, 2.45) is 11.8 Å². The van der Waals surface area contributed by atoms with E-state index in [1.54, 1.807) is 11.0 Å². The first-order chi connectivity index (χ1) is 13.1. The van der Waals surface area contributed by atoms with Crippen molar-refractivity contribution < 1.29 is 14.3 Å². The predicted molar refractivity (Wildman–Crippen MR) is 110 cm³/mol. The summed E-state index contributed by atoms with van der Waals surface area (Å²) in [4.78, 5) is 30.2. The number of amides is 1. The fourth-order valence-electron chi connectivity index (χ4n) is 4.16. The van der Waals surface area contributed by atoms with E-state index >= 15 is 0 Å². The molecular formula is C21H18Cl2N2O3. The van der Waals surface area contributed by atoms with Gasteiger partial charge in [0.1, 0.15) is 5.69 Å². The number of aromatic amines is 1. The maximum atomic E-state index is 13.3. The van der Waals surface area contributed by atoms with Gasteiger partial charge in [0, 0.05) is 40.5 Å². The first-order valence-electron chi connectivity index (χ1n) is 8.94. The van der Waals surface area contributed by atoms with Gasteiger partial charge in [-0.3, -0.25) is 9.59 Å². The van der Waals surface area contributed by atoms with Crippen molar-refractivity contribution in [2.75, 3.05) is 19.7 Å². The van der Waals surface area contributed by atoms with E-state index in [1.807, 2.05) is 42.5 Å². The van der Waals surface area contributed by atoms with Crippen LogP contribution in [-0.4, -0.2) is 41.5 Å². The molecular weight excluding hydrogens is 399 g/mol. The molecule has 1 aromatic heterocycles. The van der Waals surface area contributed by atoms with Gasteiger partial charge in [-0.25, -0.2) is 0 Å². The number of benzene rings is 2. The van der Waals surface area contributed by atoms with Gasteiger partial charge in [-0.1, -0.05) is 41.9 Å². The fourth-order valence-corrected chi connectivity index (χ4v) is 4.33. The molecule has 5 nitrogen and oxygen atoms in total. The van der Waals surface area contributed by atoms with Crippen LogP contribution in [0.5, 0.6) is 0 Å². The molecule has 2 aliphatic heterocycles. The Morgan fingerprint density at radius 1 is 1.14 bits per heavy atom. The summed E-state index contributed by atoms with van der Waals surface area (Å²) in [5, 5.41) is 1.53. The standard InChI is InChI=1S/C21H17ClN2O3.ClH/c22-14-6-7-17-15(8-14)18(12-4-2-1-3-5-12)19(23-17)20(25)24-9-13-11-27-21(26)16(13)10-24;/h1-8,13,16,23H,9-11H2;1H/t13-,16-;/m1./s1. The SMILES string of the molecule is Cl.O=C1OC[C@H]2CN(C(=O)c3[nH]c4ccc(Cl)cc4c3-c3ccccc3)C[C@@H]12. The first-order valence-corrected chi connectivity index (χ1v) is 9.32. The summed E-state index contributed by atoms with van der Waals surface area (Å²) in [6.45, 7) is 1.35. The van der Waals surface area contributed by atoms with Crippen molar-refractivity contribution in [1.29, 1.82) is 0 Å². The number of halogens is 2. The number of esters is 1. The lowest BCUT2D eigenvalue weighted by atomic mass is 10.0. The summed E-state index contributed by atoms with van der Waals surface area (Å²) in [5.74, 6) is -0.390. The number of carbonyl (C=O) groups excluding carboxylic acids is 2. The van der Waals surface area contributed by atoms with Gasteiger partial charge in [0.05, 0.1) is 12.5 Å². The number of hydrogen-bond acceptors (Lipinski definition) is 3. The minimum absolute atomic E-state index is 0. The van der Waals surface area contributed by atoms with Crippen LogP contribution in [0.15, 0.2) is 48.5 Å². The summed E-state index contributed by atoms with van der Waals surface area (Å²) in [7, 11) is 0. The van der Waals surface area contributed by atoms with Crippen LogP contribution in [0.1, 0.15) is 10.5 Å². The van der Waals surface area contributed by atoms with Crippen LogP contribution in [0.3, 0.4) is 0 Å². The number of ether oxygens (including phenoxy) is 1. The Labute approximate surface area is 173 Å². The minimum atomic E-state index is -0.201. The molecule has 0 radical (unpaired) electrons. The van der Waals surface area contributed by atoms with Crippen molar-refractivity contribution in [2.45, 2.75) is 0 Å². The summed E-state index contributed by atoms with van der Waals surface area (Å²) in [6.07, 6.45) is 0. The molecule has 28 heavy (non-hydrogen) atoms. The van der Waals surface area contributed by atoms with Gasteiger partial charge in [-0.15, -0.1) is 12.4 Å². The van der Waals surface area contributed by atoms with Gasteiger partial charge in [0.2, 0.25) is 0 Å². The van der Waals surface area contributed by atoms with E-state index in [0.717, 1.165) is 22.0 Å². The van der Waals surface area contributed by atoms with Crippen LogP contribution in [0.4, 0.5) is 0 Å². The molecule has 2 aliphatic rings. The lowest BCUT2D eigenvalue weighted by Gasteiger charge is -2.17. The number of carbonyl (C=O) groups is 2. The van der Waals surface area contributed by atoms with E-state index in [4.69, 9.17) is 16.3 Å². The average Bonchev–Trinajstić information content (AvgIpc) is 3.36. The molecule has 2 saturated heterocycles. The minimum Gasteiger partial charge on any atom is -0.465 e. The molecule has 1 N–H and O–H groups in total. The topological polar surface area (TPSA) is 62.4 Å². The number of H-pyrrole nitrogens is 1. The second kappa shape index (κ2) is 7.15. The van der Waals surface area contributed by atoms with E-state index in [2.05, 4.69) is 4.98 Å². The van der Waals surface area contributed by atoms with Crippen LogP contribution >= 0.6 is 24.0 Å². The number of aromatic nitrogens is 1. The first kappa shape index (κ1) is 18.8. The molecule has 144 valence electrons. The molecule has 3 aromatic rings. The van der Waals surface area contributed by atoms with Gasteiger partial charge < -0.3 is 14.6 Å². The molecule has 3 heterocycles. The zero-order valence-electron chi connectivity index (χ0n) is 14.9. The summed E-state index contributed by atoms with van der Waals surface area (Å²) in [5.41, 5.74) is 3.19. The van der Waals surface area contributed by atoms with Crippen LogP contribution in [0, 0.1) is 11.8 Å². The van der Waals surface area contributed by atoms with Crippen LogP contribution in [-0.2, 0) is 9.53 Å². The van der Waals surface area contributed by atoms with Gasteiger partial charge >= 0.3 is 5.97 Å². The third-order valence-electron chi connectivity index (χ3n) is 5.51. The van der Waals surface area contributed by atoms with E-state index in [1.165, 1.54) is 0 Å². The summed E-state index contributed by atoms with van der Waals surface area (Å²) >= 11 is 6.21. The van der Waals surface area contributed by atoms with E-state index in [9.17, 15) is 9.59 Å². The molecule has 5 rings (SSSR count). The molecule has 0 bridgehead atoms. The number of rotatable bonds is 2. The van der Waals surface area contributed by atoms with E-state index in [-0.39, 0.29) is 36.1 Å². The molecule has 0 aliphatic carbocycles. The molecule has 0 unspecified atom stereocenters. The van der Waals surface area contributed by atoms with Crippen LogP contribution < -0.4 is 0 Å². The number of nitrogens with one attached hydrogen (secondary N) is 1. The highest BCUT2D eigenvalue weighted by atomic mass is 35.5. The third kappa shape index (κ3) is 2.95. The Bertz CT molecular complexity index is 1060. The molecule has 2 atom stereocenters. The second-order valence-electron chi connectivity index (χ2n) is 7.14. The number of likely N-dealkylation sites (tertiary alicyclic amines) is 1. The van der Waals surface area contributed by atoms with E-state index < -0.39 is 0 Å². The maximum Gasteiger partial charge on any atom is 0.311 e. The Kier molecular flexibility index (Phi) is 4.81. The largest absolute Gasteiger partial charge is 0.465 e. The quantitative estimate of drug-likeness (QED) is 0.638. The Balaban J connectivity index is 0.00000192. The molecule has 2 aromatic carbocycles. The third-order valence-corrected chi connectivity index (χ3v) is 5.74. The number of nitrogens with zero attached hydrogens (tertiary/aromatic N) is 1. The average molecular weight is 417 g/mol. The maximum absolute atomic E-state index is 13.3. The Morgan fingerprint density at radius 3 is 2.68 bits per heavy atom. The van der Waals surface area contributed by atoms with Crippen LogP contribution in [0.25, 0.3) is 22.0 Å². The van der Waals surface area contributed by atoms with Crippen molar-refractivity contribution in [3.05, 3.63) is 59.2 Å². The van der Waals surface area contributed by atoms with E-state index in [0.29, 0.717) is 30.4 Å². The highest BCUT2D eigenvalue weighted by Gasteiger charge is 2.46. The van der Waals surface area contributed by atoms with Crippen LogP contribution in [0.2, 0.25) is 5.02 Å². The molecule has 1 amide bonds. The zero-order valence-corrected chi connectivity index (χ0v) is 16.4. The zero-order chi connectivity index (χ0) is 18.5.